The van der Waals surface area contributed by atoms with E-state index in [4.69, 9.17) is 63.2 Å². The summed E-state index contributed by atoms with van der Waals surface area (Å²) in [6, 6.07) is 22.1. The first-order valence-corrected chi connectivity index (χ1v) is 12.8. The molecule has 36 heavy (non-hydrogen) atoms. The quantitative estimate of drug-likeness (QED) is 0.364. The third-order valence-electron chi connectivity index (χ3n) is 6.47. The lowest BCUT2D eigenvalue weighted by molar-refractivity contribution is -0.354. The number of ether oxygens (including phenoxy) is 6. The Balaban J connectivity index is 1.32. The molecule has 3 fully saturated rings. The van der Waals surface area contributed by atoms with Crippen molar-refractivity contribution in [3.8, 4) is 0 Å². The maximum absolute atomic E-state index is 6.48. The molecule has 3 heterocycles. The molecule has 3 aliphatic rings. The molecule has 7 atom stereocenters. The van der Waals surface area contributed by atoms with Crippen molar-refractivity contribution in [3.63, 3.8) is 0 Å². The number of hydrogen-bond acceptors (Lipinski definition) is 6. The second kappa shape index (κ2) is 10.6. The van der Waals surface area contributed by atoms with Gasteiger partial charge in [-0.05, 0) is 36.4 Å². The zero-order valence-corrected chi connectivity index (χ0v) is 21.2. The minimum atomic E-state index is -0.645. The number of hydrogen-bond donors (Lipinski definition) is 0. The fourth-order valence-corrected chi connectivity index (χ4v) is 5.00. The van der Waals surface area contributed by atoms with Gasteiger partial charge in [-0.15, -0.1) is 0 Å². The summed E-state index contributed by atoms with van der Waals surface area (Å²) in [5.41, 5.74) is 2.52. The average molecular weight is 550 g/mol. The SMILES string of the molecule is Clc1ccc(C2OC[C@@H]3OC(c4ccc(Cl)cc4)OC[C@H]4OC(c5ccc(Cl)cc5)O[C@H]3[C@@H]4O2)cc1. The lowest BCUT2D eigenvalue weighted by Gasteiger charge is -2.45. The van der Waals surface area contributed by atoms with Crippen LogP contribution in [0.3, 0.4) is 0 Å². The summed E-state index contributed by atoms with van der Waals surface area (Å²) in [6.45, 7) is 0.448. The average Bonchev–Trinajstić information content (AvgIpc) is 3.09. The molecule has 6 rings (SSSR count). The number of benzene rings is 3. The second-order valence-corrected chi connectivity index (χ2v) is 10.2. The predicted octanol–water partition coefficient (Wildman–Crippen LogP) is 6.66. The monoisotopic (exact) mass is 548 g/mol. The van der Waals surface area contributed by atoms with Gasteiger partial charge in [0.05, 0.1) is 13.2 Å². The maximum Gasteiger partial charge on any atom is 0.184 e. The number of halogens is 3. The van der Waals surface area contributed by atoms with E-state index in [1.165, 1.54) is 0 Å². The molecule has 3 unspecified atom stereocenters. The fourth-order valence-electron chi connectivity index (χ4n) is 4.62. The summed E-state index contributed by atoms with van der Waals surface area (Å²) in [7, 11) is 0. The van der Waals surface area contributed by atoms with Crippen LogP contribution >= 0.6 is 34.8 Å². The molecule has 3 aromatic rings. The Morgan fingerprint density at radius 2 is 0.778 bits per heavy atom. The Morgan fingerprint density at radius 3 is 1.22 bits per heavy atom. The molecular weight excluding hydrogens is 527 g/mol. The van der Waals surface area contributed by atoms with Crippen molar-refractivity contribution < 1.29 is 28.4 Å². The van der Waals surface area contributed by atoms with Crippen LogP contribution < -0.4 is 0 Å². The largest absolute Gasteiger partial charge is 0.346 e. The minimum absolute atomic E-state index is 0.224. The predicted molar refractivity (Wildman–Crippen MR) is 134 cm³/mol. The van der Waals surface area contributed by atoms with Gasteiger partial charge in [0, 0.05) is 31.8 Å². The van der Waals surface area contributed by atoms with Crippen molar-refractivity contribution in [3.05, 3.63) is 105 Å². The van der Waals surface area contributed by atoms with Gasteiger partial charge in [-0.3, -0.25) is 0 Å². The van der Waals surface area contributed by atoms with Gasteiger partial charge in [0.1, 0.15) is 24.4 Å². The van der Waals surface area contributed by atoms with Crippen LogP contribution in [-0.2, 0) is 28.4 Å². The van der Waals surface area contributed by atoms with Gasteiger partial charge in [-0.2, -0.15) is 0 Å². The van der Waals surface area contributed by atoms with Crippen LogP contribution in [0.5, 0.6) is 0 Å². The molecular formula is C27H23Cl3O6. The van der Waals surface area contributed by atoms with E-state index in [-0.39, 0.29) is 13.2 Å². The highest BCUT2D eigenvalue weighted by atomic mass is 35.5. The first kappa shape index (κ1) is 24.6. The summed E-state index contributed by atoms with van der Waals surface area (Å²) < 4.78 is 38.2. The van der Waals surface area contributed by atoms with Gasteiger partial charge in [-0.25, -0.2) is 0 Å². The molecule has 6 nitrogen and oxygen atoms in total. The molecule has 3 aromatic carbocycles. The summed E-state index contributed by atoms with van der Waals surface area (Å²) >= 11 is 18.3. The molecule has 0 spiro atoms. The summed E-state index contributed by atoms with van der Waals surface area (Å²) in [5, 5.41) is 1.91. The zero-order chi connectivity index (χ0) is 24.6. The smallest absolute Gasteiger partial charge is 0.184 e. The van der Waals surface area contributed by atoms with Crippen LogP contribution in [0.2, 0.25) is 15.1 Å². The summed E-state index contributed by atoms with van der Waals surface area (Å²) in [4.78, 5) is 0. The summed E-state index contributed by atoms with van der Waals surface area (Å²) in [6.07, 6.45) is -3.82. The molecule has 4 bridgehead atoms. The van der Waals surface area contributed by atoms with E-state index in [1.54, 1.807) is 36.4 Å². The van der Waals surface area contributed by atoms with Gasteiger partial charge in [0.25, 0.3) is 0 Å². The molecule has 0 aromatic heterocycles. The maximum atomic E-state index is 6.48. The Kier molecular flexibility index (Phi) is 7.23. The fraction of sp³-hybridized carbons (Fsp3) is 0.333. The molecule has 0 saturated carbocycles. The van der Waals surface area contributed by atoms with E-state index in [2.05, 4.69) is 0 Å². The molecule has 0 aliphatic carbocycles. The van der Waals surface area contributed by atoms with Crippen molar-refractivity contribution in [2.45, 2.75) is 43.3 Å². The van der Waals surface area contributed by atoms with Crippen molar-refractivity contribution in [1.29, 1.82) is 0 Å². The Morgan fingerprint density at radius 1 is 0.444 bits per heavy atom. The van der Waals surface area contributed by atoms with Crippen molar-refractivity contribution in [2.75, 3.05) is 13.2 Å². The third kappa shape index (κ3) is 5.16. The third-order valence-corrected chi connectivity index (χ3v) is 7.22. The highest BCUT2D eigenvalue weighted by Gasteiger charge is 2.50. The molecule has 188 valence electrons. The highest BCUT2D eigenvalue weighted by molar-refractivity contribution is 6.31. The van der Waals surface area contributed by atoms with E-state index in [0.29, 0.717) is 15.1 Å². The van der Waals surface area contributed by atoms with Gasteiger partial charge < -0.3 is 28.4 Å². The van der Waals surface area contributed by atoms with Crippen LogP contribution in [0.4, 0.5) is 0 Å². The van der Waals surface area contributed by atoms with E-state index < -0.39 is 43.3 Å². The van der Waals surface area contributed by atoms with Crippen LogP contribution in [-0.4, -0.2) is 37.6 Å². The lowest BCUT2D eigenvalue weighted by Crippen LogP contribution is -2.57. The lowest BCUT2D eigenvalue weighted by atomic mass is 10.00. The van der Waals surface area contributed by atoms with Crippen LogP contribution in [0.15, 0.2) is 72.8 Å². The van der Waals surface area contributed by atoms with Crippen LogP contribution in [0, 0.1) is 0 Å². The molecule has 0 amide bonds. The minimum Gasteiger partial charge on any atom is -0.346 e. The van der Waals surface area contributed by atoms with Gasteiger partial charge in [0.2, 0.25) is 0 Å². The zero-order valence-electron chi connectivity index (χ0n) is 19.0. The number of rotatable bonds is 3. The first-order valence-electron chi connectivity index (χ1n) is 11.6. The van der Waals surface area contributed by atoms with E-state index >= 15 is 0 Å². The molecule has 0 radical (unpaired) electrons. The van der Waals surface area contributed by atoms with Crippen molar-refractivity contribution in [1.82, 2.24) is 0 Å². The van der Waals surface area contributed by atoms with E-state index in [0.717, 1.165) is 16.7 Å². The summed E-state index contributed by atoms with van der Waals surface area (Å²) in [5.74, 6) is 0. The first-order chi connectivity index (χ1) is 17.5. The van der Waals surface area contributed by atoms with Crippen LogP contribution in [0.25, 0.3) is 0 Å². The van der Waals surface area contributed by atoms with Crippen molar-refractivity contribution >= 4 is 34.8 Å². The van der Waals surface area contributed by atoms with Crippen molar-refractivity contribution in [2.24, 2.45) is 0 Å². The standard InChI is InChI=1S/C27H23Cl3O6/c28-18-7-1-15(2-8-18)25-31-14-22-23-24(36-27(34-22)17-5-11-20(30)12-6-17)21(33-25)13-32-26(35-23)16-3-9-19(29)10-4-16/h1-12,21-27H,13-14H2/t21-,22+,23+,24+,25?,26?,27?/m0/s1. The Labute approximate surface area is 223 Å². The van der Waals surface area contributed by atoms with Gasteiger partial charge >= 0.3 is 0 Å². The van der Waals surface area contributed by atoms with Gasteiger partial charge in [-0.1, -0.05) is 71.2 Å². The topological polar surface area (TPSA) is 55.4 Å². The van der Waals surface area contributed by atoms with E-state index in [1.807, 2.05) is 36.4 Å². The van der Waals surface area contributed by atoms with E-state index in [9.17, 15) is 0 Å². The Bertz CT molecular complexity index is 1070. The van der Waals surface area contributed by atoms with Crippen LogP contribution in [0.1, 0.15) is 35.6 Å². The molecule has 9 heteroatoms. The molecule has 3 aliphatic heterocycles. The second-order valence-electron chi connectivity index (χ2n) is 8.87. The highest BCUT2D eigenvalue weighted by Crippen LogP contribution is 2.42. The normalized spacial score (nSPS) is 32.2. The van der Waals surface area contributed by atoms with Gasteiger partial charge in [0.15, 0.2) is 18.9 Å². The molecule has 0 N–H and O–H groups in total. The molecule has 3 saturated heterocycles. The Hall–Kier alpha value is -1.71.